The van der Waals surface area contributed by atoms with Crippen LogP contribution < -0.4 is 0 Å². The maximum atomic E-state index is 2.61. The zero-order valence-electron chi connectivity index (χ0n) is 19.2. The van der Waals surface area contributed by atoms with E-state index in [0.29, 0.717) is 12.1 Å². The molecule has 27 heavy (non-hydrogen) atoms. The smallest absolute Gasteiger partial charge is 0.103 e. The minimum Gasteiger partial charge on any atom is -0.356 e. The van der Waals surface area contributed by atoms with Gasteiger partial charge in [0.2, 0.25) is 0 Å². The van der Waals surface area contributed by atoms with E-state index >= 15 is 0 Å². The highest BCUT2D eigenvalue weighted by Gasteiger charge is 2.28. The Balaban J connectivity index is 2.15. The molecule has 0 saturated heterocycles. The van der Waals surface area contributed by atoms with E-state index in [0.717, 1.165) is 0 Å². The van der Waals surface area contributed by atoms with Crippen LogP contribution in [-0.4, -0.2) is 29.1 Å². The molecule has 0 spiro atoms. The van der Waals surface area contributed by atoms with Gasteiger partial charge in [0.15, 0.2) is 0 Å². The van der Waals surface area contributed by atoms with Crippen LogP contribution in [0.2, 0.25) is 0 Å². The third-order valence-electron chi connectivity index (χ3n) is 6.02. The zero-order valence-corrected chi connectivity index (χ0v) is 19.2. The van der Waals surface area contributed by atoms with Gasteiger partial charge in [0.1, 0.15) is 6.17 Å². The van der Waals surface area contributed by atoms with Crippen LogP contribution in [0.4, 0.5) is 0 Å². The van der Waals surface area contributed by atoms with E-state index in [9.17, 15) is 0 Å². The van der Waals surface area contributed by atoms with Gasteiger partial charge < -0.3 is 9.80 Å². The molecule has 2 heteroatoms. The Hall–Kier alpha value is -0.660. The molecule has 1 unspecified atom stereocenters. The molecule has 1 aliphatic heterocycles. The van der Waals surface area contributed by atoms with Crippen molar-refractivity contribution < 1.29 is 0 Å². The molecule has 160 valence electrons. The summed E-state index contributed by atoms with van der Waals surface area (Å²) < 4.78 is 0. The van der Waals surface area contributed by atoms with Crippen LogP contribution in [0.3, 0.4) is 0 Å². The summed E-state index contributed by atoms with van der Waals surface area (Å²) in [5.74, 6) is 0.693. The summed E-state index contributed by atoms with van der Waals surface area (Å²) >= 11 is 0. The van der Waals surface area contributed by atoms with Crippen molar-refractivity contribution in [2.45, 2.75) is 130 Å². The lowest BCUT2D eigenvalue weighted by atomic mass is 10.1. The molecule has 0 aromatic heterocycles. The van der Waals surface area contributed by atoms with Gasteiger partial charge in [0, 0.05) is 25.5 Å². The second-order valence-electron chi connectivity index (χ2n) is 9.03. The highest BCUT2D eigenvalue weighted by atomic mass is 15.4. The van der Waals surface area contributed by atoms with E-state index in [1.807, 2.05) is 0 Å². The predicted octanol–water partition coefficient (Wildman–Crippen LogP) is 7.95. The Morgan fingerprint density at radius 1 is 0.556 bits per heavy atom. The highest BCUT2D eigenvalue weighted by molar-refractivity contribution is 4.98. The maximum absolute atomic E-state index is 2.61. The fourth-order valence-electron chi connectivity index (χ4n) is 4.40. The number of rotatable bonds is 18. The van der Waals surface area contributed by atoms with Gasteiger partial charge in [-0.05, 0) is 18.8 Å². The lowest BCUT2D eigenvalue weighted by Gasteiger charge is -2.36. The molecule has 0 N–H and O–H groups in total. The van der Waals surface area contributed by atoms with E-state index in [1.165, 1.54) is 109 Å². The van der Waals surface area contributed by atoms with Crippen LogP contribution in [0.5, 0.6) is 0 Å². The summed E-state index contributed by atoms with van der Waals surface area (Å²) in [5.41, 5.74) is 0. The normalized spacial score (nSPS) is 16.9. The van der Waals surface area contributed by atoms with Gasteiger partial charge in [0.25, 0.3) is 0 Å². The summed E-state index contributed by atoms with van der Waals surface area (Å²) in [6.07, 6.45) is 26.4. The lowest BCUT2D eigenvalue weighted by Crippen LogP contribution is -2.43. The van der Waals surface area contributed by atoms with Gasteiger partial charge in [-0.15, -0.1) is 0 Å². The Morgan fingerprint density at radius 2 is 0.889 bits per heavy atom. The highest BCUT2D eigenvalue weighted by Crippen LogP contribution is 2.24. The molecule has 0 amide bonds. The minimum absolute atomic E-state index is 0.592. The Bertz CT molecular complexity index is 350. The number of nitrogens with zero attached hydrogens (tertiary/aromatic N) is 2. The summed E-state index contributed by atoms with van der Waals surface area (Å²) in [7, 11) is 0. The summed E-state index contributed by atoms with van der Waals surface area (Å²) in [6, 6.07) is 0. The van der Waals surface area contributed by atoms with Crippen molar-refractivity contribution in [3.05, 3.63) is 12.4 Å². The average Bonchev–Trinajstić information content (AvgIpc) is 3.06. The van der Waals surface area contributed by atoms with Crippen molar-refractivity contribution in [3.63, 3.8) is 0 Å². The monoisotopic (exact) mass is 378 g/mol. The van der Waals surface area contributed by atoms with Crippen LogP contribution in [0.1, 0.15) is 124 Å². The van der Waals surface area contributed by atoms with Gasteiger partial charge in [-0.2, -0.15) is 0 Å². The molecule has 2 nitrogen and oxygen atoms in total. The van der Waals surface area contributed by atoms with Crippen LogP contribution in [0.25, 0.3) is 0 Å². The molecule has 0 fully saturated rings. The molecule has 0 radical (unpaired) electrons. The quantitative estimate of drug-likeness (QED) is 0.223. The van der Waals surface area contributed by atoms with Gasteiger partial charge >= 0.3 is 0 Å². The molecule has 1 aliphatic rings. The van der Waals surface area contributed by atoms with Gasteiger partial charge in [-0.1, -0.05) is 111 Å². The van der Waals surface area contributed by atoms with Crippen molar-refractivity contribution in [3.8, 4) is 0 Å². The fraction of sp³-hybridized carbons (Fsp3) is 0.920. The first-order valence-corrected chi connectivity index (χ1v) is 12.4. The third kappa shape index (κ3) is 11.1. The lowest BCUT2D eigenvalue weighted by molar-refractivity contribution is 0.104. The average molecular weight is 379 g/mol. The van der Waals surface area contributed by atoms with Crippen LogP contribution in [0, 0.1) is 5.92 Å². The second-order valence-corrected chi connectivity index (χ2v) is 9.03. The Kier molecular flexibility index (Phi) is 14.7. The van der Waals surface area contributed by atoms with Crippen LogP contribution in [0.15, 0.2) is 12.4 Å². The Morgan fingerprint density at radius 3 is 1.22 bits per heavy atom. The number of unbranched alkanes of at least 4 members (excludes halogenated alkanes) is 13. The molecule has 0 aromatic carbocycles. The van der Waals surface area contributed by atoms with E-state index in [2.05, 4.69) is 49.9 Å². The SMILES string of the molecule is CCCCCCCCCCN1C=CN(CCCCCCCCC)C1C(C)C. The molecular formula is C25H50N2. The molecule has 0 bridgehead atoms. The number of hydrogen-bond donors (Lipinski definition) is 0. The molecule has 0 saturated carbocycles. The second kappa shape index (κ2) is 16.3. The summed E-state index contributed by atoms with van der Waals surface area (Å²) in [5, 5.41) is 0. The van der Waals surface area contributed by atoms with Crippen molar-refractivity contribution >= 4 is 0 Å². The fourth-order valence-corrected chi connectivity index (χ4v) is 4.40. The van der Waals surface area contributed by atoms with Gasteiger partial charge in [0.05, 0.1) is 0 Å². The zero-order chi connectivity index (χ0) is 19.7. The maximum Gasteiger partial charge on any atom is 0.103 e. The number of hydrogen-bond acceptors (Lipinski definition) is 2. The summed E-state index contributed by atoms with van der Waals surface area (Å²) in [4.78, 5) is 5.23. The molecule has 1 rings (SSSR count). The van der Waals surface area contributed by atoms with E-state index in [-0.39, 0.29) is 0 Å². The first-order chi connectivity index (χ1) is 13.2. The predicted molar refractivity (Wildman–Crippen MR) is 122 cm³/mol. The van der Waals surface area contributed by atoms with Crippen molar-refractivity contribution in [2.24, 2.45) is 5.92 Å². The largest absolute Gasteiger partial charge is 0.356 e. The molecule has 1 heterocycles. The van der Waals surface area contributed by atoms with Gasteiger partial charge in [-0.3, -0.25) is 0 Å². The standard InChI is InChI=1S/C25H50N2/c1-5-7-9-11-13-15-17-19-21-27-23-22-26(25(27)24(3)4)20-18-16-14-12-10-8-6-2/h22-25H,5-21H2,1-4H3. The third-order valence-corrected chi connectivity index (χ3v) is 6.02. The minimum atomic E-state index is 0.592. The van der Waals surface area contributed by atoms with E-state index < -0.39 is 0 Å². The van der Waals surface area contributed by atoms with Crippen LogP contribution >= 0.6 is 0 Å². The summed E-state index contributed by atoms with van der Waals surface area (Å²) in [6.45, 7) is 11.8. The Labute approximate surface area is 171 Å². The van der Waals surface area contributed by atoms with Gasteiger partial charge in [-0.25, -0.2) is 0 Å². The molecule has 1 atom stereocenters. The van der Waals surface area contributed by atoms with E-state index in [4.69, 9.17) is 0 Å². The van der Waals surface area contributed by atoms with Crippen LogP contribution in [-0.2, 0) is 0 Å². The topological polar surface area (TPSA) is 6.48 Å². The molecule has 0 aromatic rings. The van der Waals surface area contributed by atoms with E-state index in [1.54, 1.807) is 0 Å². The molecule has 0 aliphatic carbocycles. The first-order valence-electron chi connectivity index (χ1n) is 12.4. The van der Waals surface area contributed by atoms with Crippen molar-refractivity contribution in [1.29, 1.82) is 0 Å². The van der Waals surface area contributed by atoms with Crippen molar-refractivity contribution in [2.75, 3.05) is 13.1 Å². The molecular weight excluding hydrogens is 328 g/mol. The van der Waals surface area contributed by atoms with Crippen molar-refractivity contribution in [1.82, 2.24) is 9.80 Å². The first kappa shape index (κ1) is 24.4.